The van der Waals surface area contributed by atoms with Crippen LogP contribution in [-0.2, 0) is 0 Å². The molecule has 3 aromatic heterocycles. The Kier molecular flexibility index (Phi) is 6.16. The van der Waals surface area contributed by atoms with Crippen LogP contribution in [0.1, 0.15) is 0 Å². The van der Waals surface area contributed by atoms with Crippen LogP contribution < -0.4 is 0 Å². The van der Waals surface area contributed by atoms with Gasteiger partial charge in [-0.3, -0.25) is 0 Å². The standard InChI is InChI=1S/C48H30N2S/c1-4-13-31(14-5-1)33-17-12-20-36(25-33)50-43-22-11-10-21-37(43)38-27-39-40-28-42-41-26-34(32-15-6-2-7-16-32)23-24-47(41)51-48(42)30-46(40)49(45(39)29-44(38)50)35-18-8-3-9-19-35/h1-30H. The van der Waals surface area contributed by atoms with Gasteiger partial charge < -0.3 is 9.13 Å². The molecule has 3 heterocycles. The lowest BCUT2D eigenvalue weighted by atomic mass is 10.0. The van der Waals surface area contributed by atoms with Gasteiger partial charge in [-0.15, -0.1) is 11.3 Å². The van der Waals surface area contributed by atoms with Gasteiger partial charge in [0.05, 0.1) is 22.1 Å². The molecule has 0 amide bonds. The van der Waals surface area contributed by atoms with E-state index >= 15 is 0 Å². The minimum absolute atomic E-state index is 1.16. The molecule has 0 bridgehead atoms. The van der Waals surface area contributed by atoms with Crippen LogP contribution in [0.15, 0.2) is 182 Å². The first-order valence-corrected chi connectivity index (χ1v) is 18.2. The first kappa shape index (κ1) is 28.4. The number of hydrogen-bond acceptors (Lipinski definition) is 1. The van der Waals surface area contributed by atoms with Gasteiger partial charge in [0.2, 0.25) is 0 Å². The molecule has 0 N–H and O–H groups in total. The monoisotopic (exact) mass is 666 g/mol. The van der Waals surface area contributed by atoms with Crippen molar-refractivity contribution in [1.82, 2.24) is 9.13 Å². The van der Waals surface area contributed by atoms with Crippen molar-refractivity contribution < 1.29 is 0 Å². The summed E-state index contributed by atoms with van der Waals surface area (Å²) >= 11 is 1.88. The molecule has 0 saturated heterocycles. The van der Waals surface area contributed by atoms with Gasteiger partial charge in [-0.25, -0.2) is 0 Å². The first-order valence-electron chi connectivity index (χ1n) is 17.4. The number of aromatic nitrogens is 2. The van der Waals surface area contributed by atoms with E-state index in [1.807, 2.05) is 11.3 Å². The number of benzene rings is 8. The molecule has 0 atom stereocenters. The molecule has 51 heavy (non-hydrogen) atoms. The molecule has 0 spiro atoms. The lowest BCUT2D eigenvalue weighted by Crippen LogP contribution is -1.96. The van der Waals surface area contributed by atoms with Crippen LogP contribution in [0.4, 0.5) is 0 Å². The van der Waals surface area contributed by atoms with Crippen molar-refractivity contribution >= 4 is 75.1 Å². The number of hydrogen-bond donors (Lipinski definition) is 0. The molecule has 0 radical (unpaired) electrons. The summed E-state index contributed by atoms with van der Waals surface area (Å²) in [6.07, 6.45) is 0. The summed E-state index contributed by atoms with van der Waals surface area (Å²) in [7, 11) is 0. The summed E-state index contributed by atoms with van der Waals surface area (Å²) in [6, 6.07) is 66.6. The summed E-state index contributed by atoms with van der Waals surface area (Å²) in [5.74, 6) is 0. The van der Waals surface area contributed by atoms with Crippen molar-refractivity contribution in [3.8, 4) is 33.6 Å². The van der Waals surface area contributed by atoms with Gasteiger partial charge in [0.25, 0.3) is 0 Å². The summed E-state index contributed by atoms with van der Waals surface area (Å²) in [5, 5.41) is 7.69. The van der Waals surface area contributed by atoms with Crippen LogP contribution in [0.25, 0.3) is 97.4 Å². The molecular weight excluding hydrogens is 637 g/mol. The number of para-hydroxylation sites is 2. The second-order valence-electron chi connectivity index (χ2n) is 13.4. The van der Waals surface area contributed by atoms with Gasteiger partial charge in [-0.1, -0.05) is 115 Å². The van der Waals surface area contributed by atoms with E-state index in [1.165, 1.54) is 86.0 Å². The Morgan fingerprint density at radius 3 is 1.55 bits per heavy atom. The fourth-order valence-electron chi connectivity index (χ4n) is 8.15. The Hall–Kier alpha value is -6.42. The summed E-state index contributed by atoms with van der Waals surface area (Å²) in [5.41, 5.74) is 12.1. The molecule has 3 heteroatoms. The number of fused-ring (bicyclic) bond motifs is 9. The molecule has 0 aliphatic rings. The summed E-state index contributed by atoms with van der Waals surface area (Å²) in [4.78, 5) is 0. The molecule has 11 rings (SSSR count). The van der Waals surface area contributed by atoms with E-state index in [9.17, 15) is 0 Å². The minimum atomic E-state index is 1.16. The van der Waals surface area contributed by atoms with E-state index in [4.69, 9.17) is 0 Å². The van der Waals surface area contributed by atoms with Crippen LogP contribution in [-0.4, -0.2) is 9.13 Å². The van der Waals surface area contributed by atoms with Crippen LogP contribution in [0, 0.1) is 0 Å². The Labute approximate surface area is 298 Å². The highest BCUT2D eigenvalue weighted by molar-refractivity contribution is 7.25. The fourth-order valence-corrected chi connectivity index (χ4v) is 9.25. The molecule has 2 nitrogen and oxygen atoms in total. The van der Waals surface area contributed by atoms with Crippen LogP contribution in [0.5, 0.6) is 0 Å². The van der Waals surface area contributed by atoms with Gasteiger partial charge >= 0.3 is 0 Å². The Morgan fingerprint density at radius 2 is 0.804 bits per heavy atom. The zero-order chi connectivity index (χ0) is 33.5. The average Bonchev–Trinajstić information content (AvgIpc) is 3.83. The topological polar surface area (TPSA) is 9.86 Å². The zero-order valence-corrected chi connectivity index (χ0v) is 28.4. The molecule has 0 fully saturated rings. The van der Waals surface area contributed by atoms with Crippen molar-refractivity contribution in [2.45, 2.75) is 0 Å². The van der Waals surface area contributed by atoms with Gasteiger partial charge in [0, 0.05) is 53.1 Å². The molecule has 0 unspecified atom stereocenters. The van der Waals surface area contributed by atoms with Crippen molar-refractivity contribution in [3.05, 3.63) is 182 Å². The highest BCUT2D eigenvalue weighted by Gasteiger charge is 2.20. The SMILES string of the molecule is c1ccc(-c2cccc(-n3c4ccccc4c4cc5c6cc7c(cc6n(-c6ccccc6)c5cc43)sc3ccc(-c4ccccc4)cc37)c2)cc1. The lowest BCUT2D eigenvalue weighted by molar-refractivity contribution is 1.17. The third-order valence-electron chi connectivity index (χ3n) is 10.5. The van der Waals surface area contributed by atoms with Crippen molar-refractivity contribution in [2.24, 2.45) is 0 Å². The van der Waals surface area contributed by atoms with E-state index in [0.29, 0.717) is 0 Å². The van der Waals surface area contributed by atoms with Gasteiger partial charge in [-0.2, -0.15) is 0 Å². The summed E-state index contributed by atoms with van der Waals surface area (Å²) < 4.78 is 7.53. The largest absolute Gasteiger partial charge is 0.309 e. The third-order valence-corrected chi connectivity index (χ3v) is 11.6. The average molecular weight is 667 g/mol. The molecule has 238 valence electrons. The Balaban J connectivity index is 1.23. The predicted molar refractivity (Wildman–Crippen MR) is 219 cm³/mol. The van der Waals surface area contributed by atoms with Gasteiger partial charge in [0.15, 0.2) is 0 Å². The normalized spacial score (nSPS) is 11.9. The lowest BCUT2D eigenvalue weighted by Gasteiger charge is -2.11. The quantitative estimate of drug-likeness (QED) is 0.177. The number of nitrogens with zero attached hydrogens (tertiary/aromatic N) is 2. The zero-order valence-electron chi connectivity index (χ0n) is 27.6. The smallest absolute Gasteiger partial charge is 0.0562 e. The van der Waals surface area contributed by atoms with Crippen molar-refractivity contribution in [3.63, 3.8) is 0 Å². The van der Waals surface area contributed by atoms with Gasteiger partial charge in [0.1, 0.15) is 0 Å². The maximum absolute atomic E-state index is 2.46. The summed E-state index contributed by atoms with van der Waals surface area (Å²) in [6.45, 7) is 0. The second-order valence-corrected chi connectivity index (χ2v) is 14.5. The second kappa shape index (κ2) is 11.0. The fraction of sp³-hybridized carbons (Fsp3) is 0. The third kappa shape index (κ3) is 4.35. The van der Waals surface area contributed by atoms with Crippen molar-refractivity contribution in [1.29, 1.82) is 0 Å². The van der Waals surface area contributed by atoms with Crippen LogP contribution in [0.2, 0.25) is 0 Å². The van der Waals surface area contributed by atoms with E-state index in [2.05, 4.69) is 191 Å². The molecule has 0 saturated carbocycles. The first-order chi connectivity index (χ1) is 25.3. The molecule has 0 aliphatic carbocycles. The minimum Gasteiger partial charge on any atom is -0.309 e. The van der Waals surface area contributed by atoms with E-state index in [1.54, 1.807) is 0 Å². The number of rotatable bonds is 4. The van der Waals surface area contributed by atoms with E-state index < -0.39 is 0 Å². The Bertz CT molecular complexity index is 3110. The highest BCUT2D eigenvalue weighted by atomic mass is 32.1. The number of thiophene rings is 1. The predicted octanol–water partition coefficient (Wildman–Crippen LogP) is 13.6. The molecule has 8 aromatic carbocycles. The molecule has 0 aliphatic heterocycles. The van der Waals surface area contributed by atoms with Gasteiger partial charge in [-0.05, 0) is 89.0 Å². The van der Waals surface area contributed by atoms with Crippen LogP contribution >= 0.6 is 11.3 Å². The van der Waals surface area contributed by atoms with Crippen molar-refractivity contribution in [2.75, 3.05) is 0 Å². The highest BCUT2D eigenvalue weighted by Crippen LogP contribution is 2.44. The molecule has 11 aromatic rings. The Morgan fingerprint density at radius 1 is 0.275 bits per heavy atom. The van der Waals surface area contributed by atoms with Crippen LogP contribution in [0.3, 0.4) is 0 Å². The van der Waals surface area contributed by atoms with E-state index in [0.717, 1.165) is 11.4 Å². The maximum atomic E-state index is 2.46. The molecular formula is C48H30N2S. The maximum Gasteiger partial charge on any atom is 0.0562 e. The van der Waals surface area contributed by atoms with E-state index in [-0.39, 0.29) is 0 Å².